The number of ketones is 2. The molecule has 2 aliphatic heterocycles. The van der Waals surface area contributed by atoms with Crippen molar-refractivity contribution in [3.05, 3.63) is 220 Å². The van der Waals surface area contributed by atoms with Crippen molar-refractivity contribution in [1.82, 2.24) is 20.4 Å². The number of fused-ring (bicyclic) bond motifs is 2. The fourth-order valence-corrected chi connectivity index (χ4v) is 10.3. The summed E-state index contributed by atoms with van der Waals surface area (Å²) in [5, 5.41) is 5.96. The number of ether oxygens (including phenoxy) is 5. The number of benzene rings is 6. The summed E-state index contributed by atoms with van der Waals surface area (Å²) in [6, 6.07) is 45.6. The van der Waals surface area contributed by atoms with Crippen molar-refractivity contribution in [3.8, 4) is 17.2 Å². The highest BCUT2D eigenvalue weighted by molar-refractivity contribution is 6.31. The Bertz CT molecular complexity index is 3360. The largest absolute Gasteiger partial charge is 0.497 e. The Morgan fingerprint density at radius 2 is 0.989 bits per heavy atom. The normalized spacial score (nSPS) is 19.2. The molecule has 2 heterocycles. The summed E-state index contributed by atoms with van der Waals surface area (Å²) in [7, 11) is 4.07. The lowest BCUT2D eigenvalue weighted by atomic mass is 9.90. The summed E-state index contributed by atoms with van der Waals surface area (Å²) in [4.78, 5) is 110. The van der Waals surface area contributed by atoms with Crippen LogP contribution in [-0.2, 0) is 64.0 Å². The van der Waals surface area contributed by atoms with Crippen LogP contribution in [-0.4, -0.2) is 123 Å². The number of nitrogens with one attached hydrogen (secondary N) is 2. The molecule has 18 heteroatoms. The average Bonchev–Trinajstić information content (AvgIpc) is 3.55. The van der Waals surface area contributed by atoms with Crippen LogP contribution in [0.15, 0.2) is 182 Å². The minimum absolute atomic E-state index is 0.00569. The van der Waals surface area contributed by atoms with Crippen LogP contribution in [0.4, 0.5) is 0 Å². The molecular weight excluding hydrogens is 1140 g/mol. The Kier molecular flexibility index (Phi) is 26.1. The molecule has 88 heavy (non-hydrogen) atoms. The second kappa shape index (κ2) is 34.7. The number of hydrogen-bond acceptors (Lipinski definition) is 13. The summed E-state index contributed by atoms with van der Waals surface area (Å²) >= 11 is 6.23. The number of carbonyl (C=O) groups excluding carboxylic acids is 8. The number of rotatable bonds is 12. The first kappa shape index (κ1) is 66.2. The Morgan fingerprint density at radius 1 is 0.523 bits per heavy atom. The van der Waals surface area contributed by atoms with Crippen LogP contribution in [0.5, 0.6) is 17.2 Å². The van der Waals surface area contributed by atoms with Gasteiger partial charge in [-0.15, -0.1) is 0 Å². The van der Waals surface area contributed by atoms with Gasteiger partial charge in [0.25, 0.3) is 0 Å². The molecule has 2 aliphatic rings. The standard InChI is InChI=1S/C35H37ClN2O6.C35H38N2O7/c1-43-35(42)30-16-17-33(40)38(20-18-25-10-4-2-5-11-25)19-8-9-21-44-32-24-28(36)14-15-29(32)31(39)23-27(34(41)37-30)22-26-12-6-3-7-13-26;1-42-28-16-14-26(15-17-28)24-37-20-8-9-21-44-32-13-7-6-12-29(32)31(38)23-27(22-25-10-4-3-5-11-25)34(40)36-30(35(41)43-2)18-19-33(37)39/h2-15,24,27,30H,16-23H2,1H3,(H,37,41);3-17,27,30H,18-24H2,1-2H3,(H,36,40)/b2*9-8+/t2*27-,30-/m00/s1. The Hall–Kier alpha value is -9.35. The first-order chi connectivity index (χ1) is 42.7. The van der Waals surface area contributed by atoms with Crippen molar-refractivity contribution < 1.29 is 62.0 Å². The fraction of sp³-hybridized carbons (Fsp3) is 0.314. The Labute approximate surface area is 519 Å². The molecule has 0 bridgehead atoms. The first-order valence-corrected chi connectivity index (χ1v) is 29.7. The highest BCUT2D eigenvalue weighted by Gasteiger charge is 2.32. The number of nitrogens with zero attached hydrogens (tertiary/aromatic N) is 2. The maximum Gasteiger partial charge on any atom is 0.328 e. The van der Waals surface area contributed by atoms with Crippen molar-refractivity contribution in [2.75, 3.05) is 54.2 Å². The van der Waals surface area contributed by atoms with Crippen LogP contribution in [0.1, 0.15) is 81.5 Å². The predicted octanol–water partition coefficient (Wildman–Crippen LogP) is 9.77. The fourth-order valence-electron chi connectivity index (χ4n) is 10.1. The van der Waals surface area contributed by atoms with Crippen molar-refractivity contribution in [3.63, 3.8) is 0 Å². The monoisotopic (exact) mass is 1210 g/mol. The van der Waals surface area contributed by atoms with E-state index in [0.29, 0.717) is 66.0 Å². The van der Waals surface area contributed by atoms with E-state index < -0.39 is 47.7 Å². The molecule has 0 fully saturated rings. The molecule has 6 aromatic carbocycles. The molecule has 0 spiro atoms. The van der Waals surface area contributed by atoms with Crippen LogP contribution in [0, 0.1) is 11.8 Å². The zero-order chi connectivity index (χ0) is 62.6. The molecule has 17 nitrogen and oxygen atoms in total. The number of carbonyl (C=O) groups is 8. The second-order valence-electron chi connectivity index (χ2n) is 21.2. The summed E-state index contributed by atoms with van der Waals surface area (Å²) in [5.41, 5.74) is 4.42. The van der Waals surface area contributed by atoms with Gasteiger partial charge >= 0.3 is 11.9 Å². The first-order valence-electron chi connectivity index (χ1n) is 29.3. The molecule has 0 radical (unpaired) electrons. The van der Waals surface area contributed by atoms with Gasteiger partial charge in [0, 0.05) is 68.7 Å². The van der Waals surface area contributed by atoms with Crippen molar-refractivity contribution >= 4 is 58.7 Å². The van der Waals surface area contributed by atoms with Crippen LogP contribution in [0.2, 0.25) is 5.02 Å². The molecule has 6 aromatic rings. The van der Waals surface area contributed by atoms with Crippen LogP contribution < -0.4 is 24.8 Å². The third-order valence-corrected chi connectivity index (χ3v) is 15.2. The van der Waals surface area contributed by atoms with E-state index in [9.17, 15) is 38.4 Å². The Balaban J connectivity index is 0.000000251. The molecule has 4 amide bonds. The summed E-state index contributed by atoms with van der Waals surface area (Å²) < 4.78 is 27.1. The molecule has 0 saturated carbocycles. The van der Waals surface area contributed by atoms with Gasteiger partial charge in [0.15, 0.2) is 11.6 Å². The van der Waals surface area contributed by atoms with Crippen LogP contribution in [0.25, 0.3) is 0 Å². The highest BCUT2D eigenvalue weighted by atomic mass is 35.5. The van der Waals surface area contributed by atoms with E-state index >= 15 is 0 Å². The quantitative estimate of drug-likeness (QED) is 0.0864. The van der Waals surface area contributed by atoms with Crippen molar-refractivity contribution in [2.24, 2.45) is 11.8 Å². The lowest BCUT2D eigenvalue weighted by molar-refractivity contribution is -0.146. The molecule has 8 rings (SSSR count). The number of amides is 4. The van der Waals surface area contributed by atoms with Crippen LogP contribution in [0.3, 0.4) is 0 Å². The maximum absolute atomic E-state index is 13.7. The van der Waals surface area contributed by atoms with Gasteiger partial charge in [0.2, 0.25) is 23.6 Å². The molecular formula is C70H75ClN4O13. The van der Waals surface area contributed by atoms with E-state index in [0.717, 1.165) is 22.3 Å². The third-order valence-electron chi connectivity index (χ3n) is 15.0. The topological polar surface area (TPSA) is 213 Å². The number of para-hydroxylation sites is 1. The minimum atomic E-state index is -1.06. The molecule has 0 saturated heterocycles. The van der Waals surface area contributed by atoms with Gasteiger partial charge in [-0.3, -0.25) is 28.8 Å². The van der Waals surface area contributed by atoms with E-state index in [1.165, 1.54) is 14.2 Å². The van der Waals surface area contributed by atoms with Gasteiger partial charge in [0.1, 0.15) is 42.5 Å². The van der Waals surface area contributed by atoms with E-state index in [1.807, 2.05) is 127 Å². The van der Waals surface area contributed by atoms with Gasteiger partial charge in [-0.1, -0.05) is 139 Å². The van der Waals surface area contributed by atoms with Gasteiger partial charge in [-0.2, -0.15) is 0 Å². The zero-order valence-corrected chi connectivity index (χ0v) is 50.6. The number of methoxy groups -OCH3 is 3. The van der Waals surface area contributed by atoms with Gasteiger partial charge < -0.3 is 44.1 Å². The number of Topliss-reactive ketones (excluding diaryl/α,β-unsaturated/α-hetero) is 2. The lowest BCUT2D eigenvalue weighted by Crippen LogP contribution is -2.46. The predicted molar refractivity (Wildman–Crippen MR) is 334 cm³/mol. The highest BCUT2D eigenvalue weighted by Crippen LogP contribution is 2.28. The molecule has 0 unspecified atom stereocenters. The van der Waals surface area contributed by atoms with Crippen LogP contribution >= 0.6 is 11.6 Å². The number of halogens is 1. The third kappa shape index (κ3) is 20.7. The smallest absolute Gasteiger partial charge is 0.328 e. The number of esters is 2. The number of hydrogen-bond donors (Lipinski definition) is 2. The van der Waals surface area contributed by atoms with E-state index in [1.54, 1.807) is 71.5 Å². The average molecular weight is 1220 g/mol. The molecule has 0 aliphatic carbocycles. The van der Waals surface area contributed by atoms with E-state index in [-0.39, 0.29) is 88.0 Å². The van der Waals surface area contributed by atoms with Crippen molar-refractivity contribution in [1.29, 1.82) is 0 Å². The minimum Gasteiger partial charge on any atom is -0.497 e. The van der Waals surface area contributed by atoms with Gasteiger partial charge in [-0.05, 0) is 109 Å². The summed E-state index contributed by atoms with van der Waals surface area (Å²) in [6.07, 6.45) is 8.35. The van der Waals surface area contributed by atoms with Gasteiger partial charge in [-0.25, -0.2) is 9.59 Å². The summed E-state index contributed by atoms with van der Waals surface area (Å²) in [6.45, 7) is 1.76. The maximum atomic E-state index is 13.7. The van der Waals surface area contributed by atoms with E-state index in [2.05, 4.69) is 10.6 Å². The zero-order valence-electron chi connectivity index (χ0n) is 49.8. The summed E-state index contributed by atoms with van der Waals surface area (Å²) in [5.74, 6) is -3.31. The Morgan fingerprint density at radius 3 is 1.51 bits per heavy atom. The van der Waals surface area contributed by atoms with Crippen molar-refractivity contribution in [2.45, 2.75) is 76.4 Å². The lowest BCUT2D eigenvalue weighted by Gasteiger charge is -2.24. The molecule has 4 atom stereocenters. The second-order valence-corrected chi connectivity index (χ2v) is 21.6. The van der Waals surface area contributed by atoms with Gasteiger partial charge in [0.05, 0.1) is 32.5 Å². The molecule has 0 aromatic heterocycles. The molecule has 2 N–H and O–H groups in total. The molecule has 460 valence electrons. The SMILES string of the molecule is COC(=O)[C@@H]1CCC(=O)N(CCc2ccccc2)C/C=C/COc2cc(Cl)ccc2C(=O)C[C@H](Cc2ccccc2)C(=O)N1.COC(=O)[C@@H]1CCC(=O)N(Cc2ccc(OC)cc2)C/C=C/COc2ccccc2C(=O)C[C@H](Cc2ccccc2)C(=O)N1. The van der Waals surface area contributed by atoms with E-state index in [4.69, 9.17) is 35.3 Å².